The Labute approximate surface area is 135 Å². The van der Waals surface area contributed by atoms with E-state index in [4.69, 9.17) is 0 Å². The predicted molar refractivity (Wildman–Crippen MR) is 88.2 cm³/mol. The molecule has 0 spiro atoms. The molecule has 23 heavy (non-hydrogen) atoms. The van der Waals surface area contributed by atoms with Gasteiger partial charge in [0.2, 0.25) is 5.91 Å². The van der Waals surface area contributed by atoms with Gasteiger partial charge in [0.05, 0.1) is 24.1 Å². The first-order chi connectivity index (χ1) is 11.1. The molecule has 3 aromatic heterocycles. The van der Waals surface area contributed by atoms with Crippen molar-refractivity contribution in [3.63, 3.8) is 0 Å². The van der Waals surface area contributed by atoms with Gasteiger partial charge in [0.25, 0.3) is 0 Å². The molecular weight excluding hydrogens is 290 g/mol. The lowest BCUT2D eigenvalue weighted by Gasteiger charge is -2.07. The summed E-state index contributed by atoms with van der Waals surface area (Å²) in [5, 5.41) is 2.98. The molecule has 0 aliphatic heterocycles. The van der Waals surface area contributed by atoms with Crippen LogP contribution in [-0.4, -0.2) is 31.4 Å². The lowest BCUT2D eigenvalue weighted by atomic mass is 10.2. The molecule has 0 bridgehead atoms. The highest BCUT2D eigenvalue weighted by atomic mass is 16.1. The Hall–Kier alpha value is -2.63. The van der Waals surface area contributed by atoms with Crippen molar-refractivity contribution in [1.29, 1.82) is 0 Å². The van der Waals surface area contributed by atoms with Crippen LogP contribution in [0.5, 0.6) is 0 Å². The van der Waals surface area contributed by atoms with Crippen LogP contribution in [0, 0.1) is 13.8 Å². The van der Waals surface area contributed by atoms with Gasteiger partial charge in [0, 0.05) is 31.7 Å². The Bertz CT molecular complexity index is 804. The third kappa shape index (κ3) is 3.41. The van der Waals surface area contributed by atoms with E-state index >= 15 is 0 Å². The van der Waals surface area contributed by atoms with E-state index in [1.807, 2.05) is 47.3 Å². The number of hydrogen-bond donors (Lipinski definition) is 1. The van der Waals surface area contributed by atoms with Gasteiger partial charge in [-0.1, -0.05) is 6.07 Å². The molecule has 0 fully saturated rings. The zero-order chi connectivity index (χ0) is 16.2. The second-order valence-electron chi connectivity index (χ2n) is 5.71. The monoisotopic (exact) mass is 311 g/mol. The highest BCUT2D eigenvalue weighted by molar-refractivity contribution is 5.78. The van der Waals surface area contributed by atoms with Gasteiger partial charge in [0.15, 0.2) is 0 Å². The molecule has 0 atom stereocenters. The first kappa shape index (κ1) is 15.3. The molecule has 120 valence electrons. The molecule has 6 heteroatoms. The van der Waals surface area contributed by atoms with E-state index in [9.17, 15) is 4.79 Å². The summed E-state index contributed by atoms with van der Waals surface area (Å²) in [6, 6.07) is 4.01. The van der Waals surface area contributed by atoms with E-state index in [0.29, 0.717) is 13.0 Å². The van der Waals surface area contributed by atoms with Crippen molar-refractivity contribution in [2.75, 3.05) is 6.54 Å². The van der Waals surface area contributed by atoms with Crippen LogP contribution in [0.15, 0.2) is 37.1 Å². The largest absolute Gasteiger partial charge is 0.356 e. The quantitative estimate of drug-likeness (QED) is 0.707. The second kappa shape index (κ2) is 6.64. The SMILES string of the molecule is Cc1nc2c(C)cccn2c1CC(=O)NCCCn1ccnc1. The molecule has 1 N–H and O–H groups in total. The summed E-state index contributed by atoms with van der Waals surface area (Å²) in [7, 11) is 0. The highest BCUT2D eigenvalue weighted by Crippen LogP contribution is 2.15. The number of imidazole rings is 2. The van der Waals surface area contributed by atoms with Crippen molar-refractivity contribution in [3.8, 4) is 0 Å². The molecule has 0 saturated carbocycles. The maximum Gasteiger partial charge on any atom is 0.226 e. The van der Waals surface area contributed by atoms with E-state index < -0.39 is 0 Å². The summed E-state index contributed by atoms with van der Waals surface area (Å²) < 4.78 is 4.01. The van der Waals surface area contributed by atoms with Crippen LogP contribution < -0.4 is 5.32 Å². The highest BCUT2D eigenvalue weighted by Gasteiger charge is 2.13. The number of amides is 1. The number of rotatable bonds is 6. The summed E-state index contributed by atoms with van der Waals surface area (Å²) in [5.74, 6) is 0.0297. The minimum Gasteiger partial charge on any atom is -0.356 e. The number of carbonyl (C=O) groups is 1. The topological polar surface area (TPSA) is 64.2 Å². The summed E-state index contributed by atoms with van der Waals surface area (Å²) in [4.78, 5) is 20.7. The van der Waals surface area contributed by atoms with Crippen LogP contribution >= 0.6 is 0 Å². The van der Waals surface area contributed by atoms with Crippen molar-refractivity contribution in [3.05, 3.63) is 54.0 Å². The Morgan fingerprint density at radius 2 is 2.17 bits per heavy atom. The Kier molecular flexibility index (Phi) is 4.41. The molecular formula is C17H21N5O. The van der Waals surface area contributed by atoms with Crippen molar-refractivity contribution in [2.24, 2.45) is 0 Å². The van der Waals surface area contributed by atoms with Gasteiger partial charge in [-0.25, -0.2) is 9.97 Å². The fourth-order valence-electron chi connectivity index (χ4n) is 2.70. The van der Waals surface area contributed by atoms with Gasteiger partial charge < -0.3 is 14.3 Å². The van der Waals surface area contributed by atoms with Crippen LogP contribution in [0.4, 0.5) is 0 Å². The lowest BCUT2D eigenvalue weighted by molar-refractivity contribution is -0.120. The van der Waals surface area contributed by atoms with Crippen LogP contribution in [0.25, 0.3) is 5.65 Å². The molecule has 1 amide bonds. The number of nitrogens with one attached hydrogen (secondary N) is 1. The molecule has 3 heterocycles. The van der Waals surface area contributed by atoms with Crippen molar-refractivity contribution < 1.29 is 4.79 Å². The third-order valence-electron chi connectivity index (χ3n) is 3.95. The zero-order valence-electron chi connectivity index (χ0n) is 13.5. The lowest BCUT2D eigenvalue weighted by Crippen LogP contribution is -2.27. The fraction of sp³-hybridized carbons (Fsp3) is 0.353. The van der Waals surface area contributed by atoms with Crippen LogP contribution in [0.3, 0.4) is 0 Å². The smallest absolute Gasteiger partial charge is 0.226 e. The molecule has 0 radical (unpaired) electrons. The van der Waals surface area contributed by atoms with Crippen LogP contribution in [-0.2, 0) is 17.8 Å². The van der Waals surface area contributed by atoms with Gasteiger partial charge in [-0.15, -0.1) is 0 Å². The first-order valence-electron chi connectivity index (χ1n) is 7.81. The normalized spacial score (nSPS) is 11.0. The molecule has 0 saturated heterocycles. The summed E-state index contributed by atoms with van der Waals surface area (Å²) in [5.41, 5.74) is 3.90. The predicted octanol–water partition coefficient (Wildman–Crippen LogP) is 1.90. The summed E-state index contributed by atoms with van der Waals surface area (Å²) in [6.45, 7) is 5.50. The van der Waals surface area contributed by atoms with E-state index in [2.05, 4.69) is 15.3 Å². The number of carbonyl (C=O) groups excluding carboxylic acids is 1. The minimum atomic E-state index is 0.0297. The zero-order valence-corrected chi connectivity index (χ0v) is 13.5. The standard InChI is InChI=1S/C17H21N5O/c1-13-5-3-9-22-15(14(2)20-17(13)22)11-16(23)19-6-4-8-21-10-7-18-12-21/h3,5,7,9-10,12H,4,6,8,11H2,1-2H3,(H,19,23). The molecule has 0 unspecified atom stereocenters. The molecule has 0 aromatic carbocycles. The average Bonchev–Trinajstić information content (AvgIpc) is 3.14. The number of aromatic nitrogens is 4. The number of aryl methyl sites for hydroxylation is 3. The Morgan fingerprint density at radius 1 is 1.30 bits per heavy atom. The number of hydrogen-bond acceptors (Lipinski definition) is 3. The second-order valence-corrected chi connectivity index (χ2v) is 5.71. The van der Waals surface area contributed by atoms with Gasteiger partial charge in [-0.05, 0) is 31.9 Å². The van der Waals surface area contributed by atoms with E-state index in [1.54, 1.807) is 12.5 Å². The minimum absolute atomic E-state index is 0.0297. The first-order valence-corrected chi connectivity index (χ1v) is 7.81. The molecule has 3 rings (SSSR count). The van der Waals surface area contributed by atoms with Crippen molar-refractivity contribution >= 4 is 11.6 Å². The van der Waals surface area contributed by atoms with Gasteiger partial charge in [-0.3, -0.25) is 4.79 Å². The van der Waals surface area contributed by atoms with Gasteiger partial charge >= 0.3 is 0 Å². The summed E-state index contributed by atoms with van der Waals surface area (Å²) >= 11 is 0. The molecule has 3 aromatic rings. The van der Waals surface area contributed by atoms with E-state index in [-0.39, 0.29) is 5.91 Å². The average molecular weight is 311 g/mol. The van der Waals surface area contributed by atoms with Crippen LogP contribution in [0.1, 0.15) is 23.4 Å². The Morgan fingerprint density at radius 3 is 2.96 bits per heavy atom. The van der Waals surface area contributed by atoms with Crippen LogP contribution in [0.2, 0.25) is 0 Å². The number of pyridine rings is 1. The van der Waals surface area contributed by atoms with Crippen molar-refractivity contribution in [1.82, 2.24) is 24.3 Å². The maximum atomic E-state index is 12.2. The Balaban J connectivity index is 1.57. The number of nitrogens with zero attached hydrogens (tertiary/aromatic N) is 4. The van der Waals surface area contributed by atoms with Gasteiger partial charge in [-0.2, -0.15) is 0 Å². The number of fused-ring (bicyclic) bond motifs is 1. The molecule has 0 aliphatic carbocycles. The van der Waals surface area contributed by atoms with E-state index in [0.717, 1.165) is 35.6 Å². The van der Waals surface area contributed by atoms with Gasteiger partial charge in [0.1, 0.15) is 5.65 Å². The fourth-order valence-corrected chi connectivity index (χ4v) is 2.70. The maximum absolute atomic E-state index is 12.2. The molecule has 6 nitrogen and oxygen atoms in total. The van der Waals surface area contributed by atoms with E-state index in [1.165, 1.54) is 0 Å². The molecule has 0 aliphatic rings. The summed E-state index contributed by atoms with van der Waals surface area (Å²) in [6.07, 6.45) is 8.66. The third-order valence-corrected chi connectivity index (χ3v) is 3.95. The van der Waals surface area contributed by atoms with Crippen molar-refractivity contribution in [2.45, 2.75) is 33.2 Å².